The van der Waals surface area contributed by atoms with Crippen LogP contribution in [-0.4, -0.2) is 41.0 Å². The van der Waals surface area contributed by atoms with Gasteiger partial charge in [-0.25, -0.2) is 0 Å². The summed E-state index contributed by atoms with van der Waals surface area (Å²) in [6.45, 7) is 4.96. The summed E-state index contributed by atoms with van der Waals surface area (Å²) in [5.41, 5.74) is 2.38. The summed E-state index contributed by atoms with van der Waals surface area (Å²) >= 11 is 3.66. The van der Waals surface area contributed by atoms with Gasteiger partial charge in [0.2, 0.25) is 0 Å². The van der Waals surface area contributed by atoms with Gasteiger partial charge in [-0.05, 0) is 42.2 Å². The fourth-order valence-corrected chi connectivity index (χ4v) is 3.19. The lowest BCUT2D eigenvalue weighted by molar-refractivity contribution is 0.0786. The van der Waals surface area contributed by atoms with Gasteiger partial charge in [0.1, 0.15) is 0 Å². The average Bonchev–Trinajstić information content (AvgIpc) is 2.92. The Hall–Kier alpha value is -0.390. The highest BCUT2D eigenvalue weighted by Crippen LogP contribution is 2.23. The molecule has 0 saturated carbocycles. The minimum atomic E-state index is 0.410. The molecular weight excluding hydrogens is 294 g/mol. The Labute approximate surface area is 117 Å². The molecule has 0 N–H and O–H groups in total. The van der Waals surface area contributed by atoms with Crippen LogP contribution in [0.5, 0.6) is 0 Å². The molecule has 1 aromatic heterocycles. The fourth-order valence-electron chi connectivity index (χ4n) is 2.45. The molecule has 1 saturated heterocycles. The maximum absolute atomic E-state index is 5.67. The first-order valence-corrected chi connectivity index (χ1v) is 7.41. The molecule has 0 aliphatic carbocycles. The summed E-state index contributed by atoms with van der Waals surface area (Å²) in [6.07, 6.45) is 3.77. The van der Waals surface area contributed by atoms with Gasteiger partial charge in [0.15, 0.2) is 0 Å². The molecular formula is C13H22BrN3O. The molecule has 1 aromatic rings. The highest BCUT2D eigenvalue weighted by molar-refractivity contribution is 9.10. The van der Waals surface area contributed by atoms with Crippen molar-refractivity contribution in [3.63, 3.8) is 0 Å². The Bertz CT molecular complexity index is 399. The molecule has 1 unspecified atom stereocenters. The van der Waals surface area contributed by atoms with Crippen molar-refractivity contribution in [3.8, 4) is 0 Å². The van der Waals surface area contributed by atoms with E-state index in [1.165, 1.54) is 18.5 Å². The molecule has 0 radical (unpaired) electrons. The fraction of sp³-hybridized carbons (Fsp3) is 0.769. The monoisotopic (exact) mass is 315 g/mol. The first-order chi connectivity index (χ1) is 8.61. The minimum absolute atomic E-state index is 0.410. The molecule has 0 amide bonds. The highest BCUT2D eigenvalue weighted by Gasteiger charge is 2.19. The van der Waals surface area contributed by atoms with Gasteiger partial charge in [0.25, 0.3) is 0 Å². The zero-order valence-electron chi connectivity index (χ0n) is 11.4. The van der Waals surface area contributed by atoms with E-state index in [2.05, 4.69) is 39.9 Å². The molecule has 1 fully saturated rings. The molecule has 18 heavy (non-hydrogen) atoms. The molecule has 0 aromatic carbocycles. The van der Waals surface area contributed by atoms with Crippen LogP contribution in [-0.2, 0) is 24.8 Å². The van der Waals surface area contributed by atoms with Crippen molar-refractivity contribution < 1.29 is 4.74 Å². The van der Waals surface area contributed by atoms with Crippen molar-refractivity contribution in [2.75, 3.05) is 20.2 Å². The lowest BCUT2D eigenvalue weighted by Crippen LogP contribution is -2.29. The summed E-state index contributed by atoms with van der Waals surface area (Å²) in [5, 5.41) is 4.53. The van der Waals surface area contributed by atoms with Crippen molar-refractivity contribution in [3.05, 3.63) is 15.9 Å². The van der Waals surface area contributed by atoms with Crippen molar-refractivity contribution in [1.29, 1.82) is 0 Å². The lowest BCUT2D eigenvalue weighted by Gasteiger charge is -2.20. The number of hydrogen-bond acceptors (Lipinski definition) is 3. The SMILES string of the molecule is CCc1nn(C)c(CN(C)CC2CCCO2)c1Br. The molecule has 5 heteroatoms. The standard InChI is InChI=1S/C13H22BrN3O/c1-4-11-13(14)12(17(3)15-11)9-16(2)8-10-6-5-7-18-10/h10H,4-9H2,1-3H3. The topological polar surface area (TPSA) is 30.3 Å². The maximum Gasteiger partial charge on any atom is 0.0767 e. The van der Waals surface area contributed by atoms with Crippen molar-refractivity contribution in [2.45, 2.75) is 38.8 Å². The Balaban J connectivity index is 1.97. The van der Waals surface area contributed by atoms with E-state index >= 15 is 0 Å². The number of rotatable bonds is 5. The minimum Gasteiger partial charge on any atom is -0.377 e. The Morgan fingerprint density at radius 1 is 1.56 bits per heavy atom. The molecule has 1 atom stereocenters. The van der Waals surface area contributed by atoms with Crippen LogP contribution < -0.4 is 0 Å². The normalized spacial score (nSPS) is 19.9. The maximum atomic E-state index is 5.67. The van der Waals surface area contributed by atoms with E-state index in [1.807, 2.05) is 11.7 Å². The summed E-state index contributed by atoms with van der Waals surface area (Å²) in [5.74, 6) is 0. The van der Waals surface area contributed by atoms with E-state index in [0.29, 0.717) is 6.10 Å². The number of likely N-dealkylation sites (N-methyl/N-ethyl adjacent to an activating group) is 1. The van der Waals surface area contributed by atoms with Crippen LogP contribution in [0.4, 0.5) is 0 Å². The number of aryl methyl sites for hydroxylation is 2. The van der Waals surface area contributed by atoms with Crippen LogP contribution in [0.1, 0.15) is 31.2 Å². The number of hydrogen-bond donors (Lipinski definition) is 0. The second-order valence-corrected chi connectivity index (χ2v) is 5.81. The van der Waals surface area contributed by atoms with Gasteiger partial charge in [-0.1, -0.05) is 6.92 Å². The summed E-state index contributed by atoms with van der Waals surface area (Å²) in [6, 6.07) is 0. The Morgan fingerprint density at radius 3 is 2.89 bits per heavy atom. The van der Waals surface area contributed by atoms with Gasteiger partial charge in [-0.3, -0.25) is 9.58 Å². The lowest BCUT2D eigenvalue weighted by atomic mass is 10.2. The zero-order valence-corrected chi connectivity index (χ0v) is 13.0. The van der Waals surface area contributed by atoms with E-state index in [9.17, 15) is 0 Å². The summed E-state index contributed by atoms with van der Waals surface area (Å²) < 4.78 is 8.81. The number of ether oxygens (including phenoxy) is 1. The second-order valence-electron chi connectivity index (χ2n) is 5.02. The van der Waals surface area contributed by atoms with Gasteiger partial charge in [0, 0.05) is 26.7 Å². The van der Waals surface area contributed by atoms with E-state index in [1.54, 1.807) is 0 Å². The van der Waals surface area contributed by atoms with Gasteiger partial charge in [-0.15, -0.1) is 0 Å². The van der Waals surface area contributed by atoms with Crippen LogP contribution >= 0.6 is 15.9 Å². The number of aromatic nitrogens is 2. The molecule has 2 rings (SSSR count). The van der Waals surface area contributed by atoms with Gasteiger partial charge < -0.3 is 4.74 Å². The molecule has 1 aliphatic rings. The van der Waals surface area contributed by atoms with Crippen LogP contribution in [0, 0.1) is 0 Å². The van der Waals surface area contributed by atoms with Crippen LogP contribution in [0.2, 0.25) is 0 Å². The average molecular weight is 316 g/mol. The third-order valence-corrected chi connectivity index (χ3v) is 4.38. The molecule has 0 bridgehead atoms. The largest absolute Gasteiger partial charge is 0.377 e. The van der Waals surface area contributed by atoms with Crippen molar-refractivity contribution in [2.24, 2.45) is 7.05 Å². The van der Waals surface area contributed by atoms with E-state index in [4.69, 9.17) is 4.74 Å². The molecule has 4 nitrogen and oxygen atoms in total. The van der Waals surface area contributed by atoms with Crippen LogP contribution in [0.25, 0.3) is 0 Å². The number of halogens is 1. The first kappa shape index (κ1) is 14.0. The predicted molar refractivity (Wildman–Crippen MR) is 75.6 cm³/mol. The number of nitrogens with zero attached hydrogens (tertiary/aromatic N) is 3. The van der Waals surface area contributed by atoms with E-state index < -0.39 is 0 Å². The molecule has 0 spiro atoms. The van der Waals surface area contributed by atoms with Crippen LogP contribution in [0.3, 0.4) is 0 Å². The van der Waals surface area contributed by atoms with Gasteiger partial charge in [-0.2, -0.15) is 5.10 Å². The first-order valence-electron chi connectivity index (χ1n) is 6.62. The van der Waals surface area contributed by atoms with Gasteiger partial charge in [0.05, 0.1) is 22.0 Å². The highest BCUT2D eigenvalue weighted by atomic mass is 79.9. The van der Waals surface area contributed by atoms with Crippen molar-refractivity contribution >= 4 is 15.9 Å². The Morgan fingerprint density at radius 2 is 2.33 bits per heavy atom. The van der Waals surface area contributed by atoms with E-state index in [-0.39, 0.29) is 0 Å². The van der Waals surface area contributed by atoms with Crippen molar-refractivity contribution in [1.82, 2.24) is 14.7 Å². The molecule has 102 valence electrons. The van der Waals surface area contributed by atoms with Gasteiger partial charge >= 0.3 is 0 Å². The molecule has 1 aliphatic heterocycles. The Kier molecular flexibility index (Phi) is 4.81. The van der Waals surface area contributed by atoms with E-state index in [0.717, 1.165) is 36.3 Å². The smallest absolute Gasteiger partial charge is 0.0767 e. The van der Waals surface area contributed by atoms with Crippen LogP contribution in [0.15, 0.2) is 4.47 Å². The summed E-state index contributed by atoms with van der Waals surface area (Å²) in [7, 11) is 4.16. The second kappa shape index (κ2) is 6.17. The zero-order chi connectivity index (χ0) is 13.1. The summed E-state index contributed by atoms with van der Waals surface area (Å²) in [4.78, 5) is 2.32. The predicted octanol–water partition coefficient (Wildman–Crippen LogP) is 2.36. The quantitative estimate of drug-likeness (QED) is 0.835. The third-order valence-electron chi connectivity index (χ3n) is 3.46. The third kappa shape index (κ3) is 3.13. The molecule has 2 heterocycles.